The first kappa shape index (κ1) is 30.0. The van der Waals surface area contributed by atoms with E-state index in [1.165, 1.54) is 5.56 Å². The van der Waals surface area contributed by atoms with Crippen LogP contribution in [0.5, 0.6) is 0 Å². The van der Waals surface area contributed by atoms with Gasteiger partial charge in [-0.1, -0.05) is 55.8 Å². The molecule has 0 saturated carbocycles. The summed E-state index contributed by atoms with van der Waals surface area (Å²) in [7, 11) is -1.60. The summed E-state index contributed by atoms with van der Waals surface area (Å²) in [4.78, 5) is 9.30. The zero-order valence-electron chi connectivity index (χ0n) is 23.5. The average Bonchev–Trinajstić information content (AvgIpc) is 3.33. The number of rotatable bonds is 16. The maximum absolute atomic E-state index is 14.2. The van der Waals surface area contributed by atoms with Crippen molar-refractivity contribution in [1.82, 2.24) is 19.4 Å². The lowest BCUT2D eigenvalue weighted by atomic mass is 10.1. The second-order valence-corrected chi connectivity index (χ2v) is 12.2. The zero-order chi connectivity index (χ0) is 27.5. The van der Waals surface area contributed by atoms with Crippen molar-refractivity contribution in [3.8, 4) is 0 Å². The van der Waals surface area contributed by atoms with E-state index in [2.05, 4.69) is 59.9 Å². The fourth-order valence-electron chi connectivity index (χ4n) is 4.80. The minimum atomic E-state index is -3.73. The predicted molar refractivity (Wildman–Crippen MR) is 155 cm³/mol. The van der Waals surface area contributed by atoms with Gasteiger partial charge in [-0.15, -0.1) is 0 Å². The number of sulfone groups is 1. The van der Waals surface area contributed by atoms with Gasteiger partial charge in [-0.3, -0.25) is 4.90 Å². The molecule has 0 saturated heterocycles. The second kappa shape index (κ2) is 14.6. The zero-order valence-corrected chi connectivity index (χ0v) is 24.3. The van der Waals surface area contributed by atoms with Gasteiger partial charge in [-0.2, -0.15) is 0 Å². The number of imidazole rings is 1. The molecule has 0 aliphatic heterocycles. The number of nitrogens with two attached hydrogens (primary N) is 1. The molecule has 3 rings (SSSR count). The molecular formula is C30H45N5O2S. The molecule has 0 amide bonds. The fraction of sp³-hybridized carbons (Fsp3) is 0.500. The van der Waals surface area contributed by atoms with Crippen LogP contribution in [-0.2, 0) is 29.5 Å². The van der Waals surface area contributed by atoms with E-state index in [-0.39, 0.29) is 0 Å². The summed E-state index contributed by atoms with van der Waals surface area (Å²) in [6.45, 7) is 10.7. The lowest BCUT2D eigenvalue weighted by Crippen LogP contribution is -2.36. The van der Waals surface area contributed by atoms with Crippen molar-refractivity contribution in [3.63, 3.8) is 0 Å². The van der Waals surface area contributed by atoms with Gasteiger partial charge in [0.15, 0.2) is 5.37 Å². The number of nitrogens with zero attached hydrogens (tertiary/aromatic N) is 4. The van der Waals surface area contributed by atoms with E-state index in [1.54, 1.807) is 18.3 Å². The molecule has 2 N–H and O–H groups in total. The molecule has 1 aromatic heterocycles. The molecule has 0 spiro atoms. The van der Waals surface area contributed by atoms with Gasteiger partial charge in [0.05, 0.1) is 4.90 Å². The quantitative estimate of drug-likeness (QED) is 0.253. The highest BCUT2D eigenvalue weighted by molar-refractivity contribution is 7.91. The molecule has 0 fully saturated rings. The molecule has 1 unspecified atom stereocenters. The molecule has 0 radical (unpaired) electrons. The van der Waals surface area contributed by atoms with Crippen molar-refractivity contribution >= 4 is 9.84 Å². The monoisotopic (exact) mass is 539 g/mol. The lowest BCUT2D eigenvalue weighted by Gasteiger charge is -2.31. The Balaban J connectivity index is 1.91. The molecule has 0 aliphatic rings. The smallest absolute Gasteiger partial charge is 0.201 e. The van der Waals surface area contributed by atoms with Gasteiger partial charge >= 0.3 is 0 Å². The van der Waals surface area contributed by atoms with Crippen molar-refractivity contribution in [3.05, 3.63) is 83.4 Å². The summed E-state index contributed by atoms with van der Waals surface area (Å²) >= 11 is 0. The Hall–Kier alpha value is -2.52. The van der Waals surface area contributed by atoms with E-state index in [0.717, 1.165) is 63.0 Å². The summed E-state index contributed by atoms with van der Waals surface area (Å²) in [6, 6.07) is 15.7. The van der Waals surface area contributed by atoms with Crippen molar-refractivity contribution in [2.45, 2.75) is 76.4 Å². The Kier molecular flexibility index (Phi) is 11.5. The van der Waals surface area contributed by atoms with Crippen molar-refractivity contribution < 1.29 is 8.42 Å². The normalized spacial score (nSPS) is 12.9. The molecule has 1 heterocycles. The standard InChI is InChI=1S/C30H45N5O2S/c1-5-19-34-22-18-32-29(34)30(38(36,37)28-15-9-25(3)10-16-28)35(20-6-2)24-27-13-11-26(12-14-27)23-33(4)21-8-7-17-31/h9-16,18,22,30H,5-8,17,19-21,23-24,31H2,1-4H3. The van der Waals surface area contributed by atoms with Gasteiger partial charge < -0.3 is 15.2 Å². The van der Waals surface area contributed by atoms with Crippen molar-refractivity contribution in [2.24, 2.45) is 5.73 Å². The predicted octanol–water partition coefficient (Wildman–Crippen LogP) is 5.16. The van der Waals surface area contributed by atoms with E-state index in [4.69, 9.17) is 5.73 Å². The summed E-state index contributed by atoms with van der Waals surface area (Å²) < 4.78 is 30.3. The SMILES string of the molecule is CCCN(Cc1ccc(CN(C)CCCCN)cc1)C(c1nccn1CCC)S(=O)(=O)c1ccc(C)cc1. The number of benzene rings is 2. The molecule has 208 valence electrons. The topological polar surface area (TPSA) is 84.5 Å². The highest BCUT2D eigenvalue weighted by Crippen LogP contribution is 2.33. The van der Waals surface area contributed by atoms with E-state index < -0.39 is 15.2 Å². The van der Waals surface area contributed by atoms with Crippen LogP contribution in [0.2, 0.25) is 0 Å². The fourth-order valence-corrected chi connectivity index (χ4v) is 6.62. The highest BCUT2D eigenvalue weighted by atomic mass is 32.2. The molecule has 38 heavy (non-hydrogen) atoms. The molecule has 3 aromatic rings. The Bertz CT molecular complexity index is 1210. The van der Waals surface area contributed by atoms with Gasteiger partial charge in [0.1, 0.15) is 5.82 Å². The Morgan fingerprint density at radius 2 is 1.58 bits per heavy atom. The first-order valence-electron chi connectivity index (χ1n) is 13.8. The van der Waals surface area contributed by atoms with E-state index in [9.17, 15) is 8.42 Å². The minimum absolute atomic E-state index is 0.327. The van der Waals surface area contributed by atoms with Gasteiger partial charge in [-0.05, 0) is 82.5 Å². The maximum Gasteiger partial charge on any atom is 0.201 e. The lowest BCUT2D eigenvalue weighted by molar-refractivity contribution is 0.229. The van der Waals surface area contributed by atoms with Crippen molar-refractivity contribution in [1.29, 1.82) is 0 Å². The molecule has 2 aromatic carbocycles. The molecule has 8 heteroatoms. The molecule has 1 atom stereocenters. The van der Waals surface area contributed by atoms with Crippen LogP contribution in [0.15, 0.2) is 65.8 Å². The number of aryl methyl sites for hydroxylation is 2. The van der Waals surface area contributed by atoms with Gasteiger partial charge in [0.2, 0.25) is 9.84 Å². The van der Waals surface area contributed by atoms with Gasteiger partial charge in [-0.25, -0.2) is 13.4 Å². The van der Waals surface area contributed by atoms with Gasteiger partial charge in [0, 0.05) is 32.0 Å². The molecule has 0 aliphatic carbocycles. The van der Waals surface area contributed by atoms with Crippen LogP contribution in [0.3, 0.4) is 0 Å². The van der Waals surface area contributed by atoms with E-state index in [1.807, 2.05) is 29.8 Å². The number of hydrogen-bond acceptors (Lipinski definition) is 6. The largest absolute Gasteiger partial charge is 0.333 e. The third-order valence-corrected chi connectivity index (χ3v) is 8.80. The Labute approximate surface area is 229 Å². The van der Waals surface area contributed by atoms with Crippen LogP contribution in [0.25, 0.3) is 0 Å². The Morgan fingerprint density at radius 1 is 0.921 bits per heavy atom. The van der Waals surface area contributed by atoms with Crippen LogP contribution in [-0.4, -0.2) is 54.5 Å². The third kappa shape index (κ3) is 7.99. The summed E-state index contributed by atoms with van der Waals surface area (Å²) in [5.41, 5.74) is 8.98. The third-order valence-electron chi connectivity index (χ3n) is 6.77. The molecule has 7 nitrogen and oxygen atoms in total. The first-order chi connectivity index (χ1) is 18.3. The minimum Gasteiger partial charge on any atom is -0.333 e. The van der Waals surface area contributed by atoms with Crippen molar-refractivity contribution in [2.75, 3.05) is 26.7 Å². The number of unbranched alkanes of at least 4 members (excludes halogenated alkanes) is 1. The van der Waals surface area contributed by atoms with Gasteiger partial charge in [0.25, 0.3) is 0 Å². The summed E-state index contributed by atoms with van der Waals surface area (Å²) in [6.07, 6.45) is 7.48. The van der Waals surface area contributed by atoms with Crippen LogP contribution in [0, 0.1) is 6.92 Å². The number of hydrogen-bond donors (Lipinski definition) is 1. The Morgan fingerprint density at radius 3 is 2.18 bits per heavy atom. The van der Waals surface area contributed by atoms with Crippen LogP contribution < -0.4 is 5.73 Å². The summed E-state index contributed by atoms with van der Waals surface area (Å²) in [5.74, 6) is 0.580. The van der Waals surface area contributed by atoms with E-state index in [0.29, 0.717) is 23.8 Å². The van der Waals surface area contributed by atoms with E-state index >= 15 is 0 Å². The second-order valence-electron chi connectivity index (χ2n) is 10.2. The maximum atomic E-state index is 14.2. The molecular weight excluding hydrogens is 494 g/mol. The number of aromatic nitrogens is 2. The van der Waals surface area contributed by atoms with Crippen LogP contribution in [0.1, 0.15) is 67.4 Å². The first-order valence-corrected chi connectivity index (χ1v) is 15.4. The van der Waals surface area contributed by atoms with Crippen LogP contribution in [0.4, 0.5) is 0 Å². The molecule has 0 bridgehead atoms. The van der Waals surface area contributed by atoms with Crippen LogP contribution >= 0.6 is 0 Å². The summed E-state index contributed by atoms with van der Waals surface area (Å²) in [5, 5.41) is -0.875. The average molecular weight is 540 g/mol. The highest BCUT2D eigenvalue weighted by Gasteiger charge is 2.37.